The largest absolute Gasteiger partial charge is 0.417 e. The van der Waals surface area contributed by atoms with Crippen molar-refractivity contribution in [3.8, 4) is 0 Å². The lowest BCUT2D eigenvalue weighted by atomic mass is 10.0. The van der Waals surface area contributed by atoms with E-state index in [9.17, 15) is 13.2 Å². The van der Waals surface area contributed by atoms with Crippen LogP contribution in [0.3, 0.4) is 0 Å². The standard InChI is InChI=1S/C11H9F3N2/c1-2-3-7-4-8-6-15-16-10(8)5-9(7)11(12,13)14/h2-6H,1H3,(H,15,16)/b3-2-. The first-order chi connectivity index (χ1) is 7.52. The molecular weight excluding hydrogens is 217 g/mol. The Bertz CT molecular complexity index is 538. The second-order valence-corrected chi connectivity index (χ2v) is 3.39. The van der Waals surface area contributed by atoms with Gasteiger partial charge >= 0.3 is 6.18 Å². The number of allylic oxidation sites excluding steroid dienone is 1. The molecule has 1 aromatic carbocycles. The van der Waals surface area contributed by atoms with Crippen LogP contribution in [0.1, 0.15) is 18.1 Å². The summed E-state index contributed by atoms with van der Waals surface area (Å²) in [4.78, 5) is 0. The molecule has 0 bridgehead atoms. The molecule has 0 aliphatic heterocycles. The average molecular weight is 226 g/mol. The minimum Gasteiger partial charge on any atom is -0.278 e. The van der Waals surface area contributed by atoms with Crippen molar-refractivity contribution in [2.75, 3.05) is 0 Å². The molecule has 2 aromatic rings. The molecule has 2 nitrogen and oxygen atoms in total. The Morgan fingerprint density at radius 1 is 1.31 bits per heavy atom. The van der Waals surface area contributed by atoms with Crippen LogP contribution in [0.5, 0.6) is 0 Å². The van der Waals surface area contributed by atoms with Crippen molar-refractivity contribution >= 4 is 17.0 Å². The van der Waals surface area contributed by atoms with E-state index >= 15 is 0 Å². The van der Waals surface area contributed by atoms with Crippen molar-refractivity contribution in [1.82, 2.24) is 10.2 Å². The maximum absolute atomic E-state index is 12.7. The molecule has 0 unspecified atom stereocenters. The van der Waals surface area contributed by atoms with Crippen LogP contribution in [0.2, 0.25) is 0 Å². The van der Waals surface area contributed by atoms with Gasteiger partial charge < -0.3 is 0 Å². The molecule has 0 saturated carbocycles. The molecular formula is C11H9F3N2. The number of hydrogen-bond donors (Lipinski definition) is 1. The van der Waals surface area contributed by atoms with Crippen molar-refractivity contribution in [3.63, 3.8) is 0 Å². The van der Waals surface area contributed by atoms with E-state index in [-0.39, 0.29) is 5.56 Å². The van der Waals surface area contributed by atoms with E-state index in [0.29, 0.717) is 10.9 Å². The fourth-order valence-corrected chi connectivity index (χ4v) is 1.57. The van der Waals surface area contributed by atoms with Gasteiger partial charge in [0.1, 0.15) is 0 Å². The molecule has 0 saturated heterocycles. The summed E-state index contributed by atoms with van der Waals surface area (Å²) in [7, 11) is 0. The average Bonchev–Trinajstić information content (AvgIpc) is 2.62. The molecule has 0 aliphatic rings. The van der Waals surface area contributed by atoms with Crippen molar-refractivity contribution in [3.05, 3.63) is 35.5 Å². The first-order valence-corrected chi connectivity index (χ1v) is 4.69. The highest BCUT2D eigenvalue weighted by molar-refractivity contribution is 5.82. The fourth-order valence-electron chi connectivity index (χ4n) is 1.57. The molecule has 0 spiro atoms. The highest BCUT2D eigenvalue weighted by atomic mass is 19.4. The Balaban J connectivity index is 2.72. The third-order valence-electron chi connectivity index (χ3n) is 2.26. The quantitative estimate of drug-likeness (QED) is 0.790. The van der Waals surface area contributed by atoms with E-state index < -0.39 is 11.7 Å². The van der Waals surface area contributed by atoms with Crippen molar-refractivity contribution in [2.45, 2.75) is 13.1 Å². The van der Waals surface area contributed by atoms with Gasteiger partial charge in [-0.25, -0.2) is 0 Å². The molecule has 0 radical (unpaired) electrons. The Morgan fingerprint density at radius 3 is 2.69 bits per heavy atom. The zero-order valence-electron chi connectivity index (χ0n) is 8.47. The number of fused-ring (bicyclic) bond motifs is 1. The van der Waals surface area contributed by atoms with Gasteiger partial charge in [0.25, 0.3) is 0 Å². The molecule has 0 aliphatic carbocycles. The van der Waals surface area contributed by atoms with Crippen LogP contribution in [0.25, 0.3) is 17.0 Å². The lowest BCUT2D eigenvalue weighted by Gasteiger charge is -2.10. The van der Waals surface area contributed by atoms with Crippen molar-refractivity contribution in [2.24, 2.45) is 0 Å². The highest BCUT2D eigenvalue weighted by Crippen LogP contribution is 2.34. The Hall–Kier alpha value is -1.78. The van der Waals surface area contributed by atoms with Crippen LogP contribution in [0.4, 0.5) is 13.2 Å². The summed E-state index contributed by atoms with van der Waals surface area (Å²) in [5, 5.41) is 6.90. The number of alkyl halides is 3. The number of nitrogens with zero attached hydrogens (tertiary/aromatic N) is 1. The van der Waals surface area contributed by atoms with E-state index in [1.165, 1.54) is 18.3 Å². The molecule has 84 valence electrons. The van der Waals surface area contributed by atoms with Gasteiger partial charge in [-0.1, -0.05) is 12.2 Å². The summed E-state index contributed by atoms with van der Waals surface area (Å²) in [6.07, 6.45) is 0.169. The number of aromatic nitrogens is 2. The number of hydrogen-bond acceptors (Lipinski definition) is 1. The number of H-pyrrole nitrogens is 1. The molecule has 1 heterocycles. The maximum atomic E-state index is 12.7. The molecule has 1 N–H and O–H groups in total. The zero-order chi connectivity index (χ0) is 11.8. The monoisotopic (exact) mass is 226 g/mol. The van der Waals surface area contributed by atoms with Crippen LogP contribution < -0.4 is 0 Å². The van der Waals surface area contributed by atoms with Crippen LogP contribution >= 0.6 is 0 Å². The molecule has 0 atom stereocenters. The van der Waals surface area contributed by atoms with Crippen LogP contribution in [0.15, 0.2) is 24.4 Å². The number of nitrogens with one attached hydrogen (secondary N) is 1. The second kappa shape index (κ2) is 3.66. The first-order valence-electron chi connectivity index (χ1n) is 4.69. The molecule has 0 fully saturated rings. The molecule has 0 amide bonds. The molecule has 16 heavy (non-hydrogen) atoms. The minimum absolute atomic E-state index is 0.156. The first kappa shape index (κ1) is 10.7. The van der Waals surface area contributed by atoms with Gasteiger partial charge in [0.05, 0.1) is 17.3 Å². The van der Waals surface area contributed by atoms with E-state index in [1.54, 1.807) is 13.0 Å². The summed E-state index contributed by atoms with van der Waals surface area (Å²) >= 11 is 0. The van der Waals surface area contributed by atoms with E-state index in [4.69, 9.17) is 0 Å². The lowest BCUT2D eigenvalue weighted by molar-refractivity contribution is -0.137. The normalized spacial score (nSPS) is 12.8. The summed E-state index contributed by atoms with van der Waals surface area (Å²) < 4.78 is 38.2. The van der Waals surface area contributed by atoms with E-state index in [2.05, 4.69) is 10.2 Å². The zero-order valence-corrected chi connectivity index (χ0v) is 8.47. The van der Waals surface area contributed by atoms with E-state index in [0.717, 1.165) is 6.07 Å². The second-order valence-electron chi connectivity index (χ2n) is 3.39. The SMILES string of the molecule is C/C=C\c1cc2cn[nH]c2cc1C(F)(F)F. The van der Waals surface area contributed by atoms with Crippen molar-refractivity contribution < 1.29 is 13.2 Å². The Labute approximate surface area is 89.8 Å². The van der Waals surface area contributed by atoms with Crippen LogP contribution in [0, 0.1) is 0 Å². The summed E-state index contributed by atoms with van der Waals surface area (Å²) in [5.74, 6) is 0. The molecule has 2 rings (SSSR count). The van der Waals surface area contributed by atoms with E-state index in [1.807, 2.05) is 0 Å². The Kier molecular flexibility index (Phi) is 2.46. The minimum atomic E-state index is -4.35. The Morgan fingerprint density at radius 2 is 2.06 bits per heavy atom. The van der Waals surface area contributed by atoms with Gasteiger partial charge in [-0.2, -0.15) is 18.3 Å². The maximum Gasteiger partial charge on any atom is 0.417 e. The number of rotatable bonds is 1. The summed E-state index contributed by atoms with van der Waals surface area (Å²) in [5.41, 5.74) is -0.105. The van der Waals surface area contributed by atoms with Gasteiger partial charge in [-0.15, -0.1) is 0 Å². The lowest BCUT2D eigenvalue weighted by Crippen LogP contribution is -2.07. The summed E-state index contributed by atoms with van der Waals surface area (Å²) in [6.45, 7) is 1.68. The number of aromatic amines is 1. The molecule has 5 heteroatoms. The highest BCUT2D eigenvalue weighted by Gasteiger charge is 2.33. The van der Waals surface area contributed by atoms with Gasteiger partial charge in [-0.05, 0) is 24.6 Å². The smallest absolute Gasteiger partial charge is 0.278 e. The number of halogens is 3. The number of benzene rings is 1. The predicted molar refractivity (Wildman–Crippen MR) is 55.8 cm³/mol. The third kappa shape index (κ3) is 1.80. The predicted octanol–water partition coefficient (Wildman–Crippen LogP) is 3.61. The van der Waals surface area contributed by atoms with Gasteiger partial charge in [0.2, 0.25) is 0 Å². The fraction of sp³-hybridized carbons (Fsp3) is 0.182. The van der Waals surface area contributed by atoms with Crippen LogP contribution in [-0.4, -0.2) is 10.2 Å². The van der Waals surface area contributed by atoms with Crippen LogP contribution in [-0.2, 0) is 6.18 Å². The summed E-state index contributed by atoms with van der Waals surface area (Å²) in [6, 6.07) is 2.55. The topological polar surface area (TPSA) is 28.7 Å². The third-order valence-corrected chi connectivity index (χ3v) is 2.26. The van der Waals surface area contributed by atoms with Gasteiger partial charge in [-0.3, -0.25) is 5.10 Å². The molecule has 1 aromatic heterocycles. The van der Waals surface area contributed by atoms with Gasteiger partial charge in [0.15, 0.2) is 0 Å². The van der Waals surface area contributed by atoms with Crippen molar-refractivity contribution in [1.29, 1.82) is 0 Å². The van der Waals surface area contributed by atoms with Gasteiger partial charge in [0, 0.05) is 5.39 Å².